The summed E-state index contributed by atoms with van der Waals surface area (Å²) in [6, 6.07) is 0. The fourth-order valence-corrected chi connectivity index (χ4v) is 2.37. The maximum absolute atomic E-state index is 12.2. The van der Waals surface area contributed by atoms with Gasteiger partial charge in [-0.15, -0.1) is 0 Å². The minimum atomic E-state index is -4.35. The van der Waals surface area contributed by atoms with Crippen LogP contribution in [0.5, 0.6) is 0 Å². The molecule has 0 radical (unpaired) electrons. The Bertz CT molecular complexity index is 661. The van der Waals surface area contributed by atoms with Crippen molar-refractivity contribution in [1.82, 2.24) is 18.9 Å². The van der Waals surface area contributed by atoms with Crippen molar-refractivity contribution in [2.45, 2.75) is 31.5 Å². The van der Waals surface area contributed by atoms with Crippen molar-refractivity contribution in [2.75, 3.05) is 5.32 Å². The maximum Gasteiger partial charge on any atom is 0.406 e. The monoisotopic (exact) mass is 317 g/mol. The second-order valence-electron chi connectivity index (χ2n) is 4.73. The number of halogens is 3. The third-order valence-corrected chi connectivity index (χ3v) is 3.48. The molecule has 10 heteroatoms. The summed E-state index contributed by atoms with van der Waals surface area (Å²) in [5, 5.41) is 2.81. The molecule has 0 aliphatic heterocycles. The van der Waals surface area contributed by atoms with Gasteiger partial charge in [0, 0.05) is 23.6 Å². The summed E-state index contributed by atoms with van der Waals surface area (Å²) in [7, 11) is 0. The molecule has 3 rings (SSSR count). The van der Waals surface area contributed by atoms with Crippen LogP contribution in [0.4, 0.5) is 18.3 Å². The maximum atomic E-state index is 12.2. The summed E-state index contributed by atoms with van der Waals surface area (Å²) in [6.07, 6.45) is -0.242. The quantitative estimate of drug-likeness (QED) is 0.940. The number of aromatic nitrogens is 4. The summed E-state index contributed by atoms with van der Waals surface area (Å²) in [6.45, 7) is -1.18. The zero-order chi connectivity index (χ0) is 15.0. The van der Waals surface area contributed by atoms with Crippen molar-refractivity contribution in [3.05, 3.63) is 24.0 Å². The summed E-state index contributed by atoms with van der Waals surface area (Å²) in [4.78, 5) is 19.7. The van der Waals surface area contributed by atoms with E-state index >= 15 is 0 Å². The summed E-state index contributed by atoms with van der Waals surface area (Å²) < 4.78 is 41.6. The van der Waals surface area contributed by atoms with E-state index < -0.39 is 18.6 Å². The predicted octanol–water partition coefficient (Wildman–Crippen LogP) is 2.43. The van der Waals surface area contributed by atoms with E-state index in [1.54, 1.807) is 0 Å². The van der Waals surface area contributed by atoms with E-state index in [0.717, 1.165) is 41.5 Å². The first-order valence-corrected chi connectivity index (χ1v) is 6.91. The molecule has 2 aromatic heterocycles. The van der Waals surface area contributed by atoms with E-state index in [-0.39, 0.29) is 5.69 Å². The highest BCUT2D eigenvalue weighted by Crippen LogP contribution is 2.39. The number of amides is 1. The molecule has 0 saturated heterocycles. The van der Waals surface area contributed by atoms with Crippen molar-refractivity contribution in [2.24, 2.45) is 0 Å². The molecule has 2 aromatic rings. The zero-order valence-electron chi connectivity index (χ0n) is 10.6. The Morgan fingerprint density at radius 1 is 1.48 bits per heavy atom. The Morgan fingerprint density at radius 2 is 2.24 bits per heavy atom. The molecule has 2 heterocycles. The van der Waals surface area contributed by atoms with Gasteiger partial charge in [-0.2, -0.15) is 17.5 Å². The van der Waals surface area contributed by atoms with E-state index in [0.29, 0.717) is 16.9 Å². The normalized spacial score (nSPS) is 15.2. The lowest BCUT2D eigenvalue weighted by Crippen LogP contribution is -2.16. The Morgan fingerprint density at radius 3 is 2.90 bits per heavy atom. The van der Waals surface area contributed by atoms with Gasteiger partial charge < -0.3 is 4.57 Å². The number of nitrogens with zero attached hydrogens (tertiary/aromatic N) is 4. The topological polar surface area (TPSA) is 72.7 Å². The van der Waals surface area contributed by atoms with Crippen LogP contribution in [-0.4, -0.2) is 31.0 Å². The molecule has 1 aliphatic rings. The first-order valence-electron chi connectivity index (χ1n) is 6.14. The Labute approximate surface area is 121 Å². The van der Waals surface area contributed by atoms with Gasteiger partial charge in [0.2, 0.25) is 5.13 Å². The minimum Gasteiger partial charge on any atom is -0.328 e. The molecule has 1 amide bonds. The second kappa shape index (κ2) is 5.10. The Hall–Kier alpha value is -1.97. The molecule has 1 fully saturated rings. The first-order chi connectivity index (χ1) is 9.90. The molecular weight excluding hydrogens is 307 g/mol. The van der Waals surface area contributed by atoms with Crippen molar-refractivity contribution in [3.63, 3.8) is 0 Å². The van der Waals surface area contributed by atoms with E-state index in [1.807, 2.05) is 0 Å². The average Bonchev–Trinajstić information content (AvgIpc) is 2.95. The molecule has 6 nitrogen and oxygen atoms in total. The third-order valence-electron chi connectivity index (χ3n) is 2.83. The number of carbonyl (C=O) groups excluding carboxylic acids is 1. The van der Waals surface area contributed by atoms with Crippen LogP contribution in [0.15, 0.2) is 12.5 Å². The van der Waals surface area contributed by atoms with E-state index in [9.17, 15) is 18.0 Å². The first kappa shape index (κ1) is 14.0. The molecule has 21 heavy (non-hydrogen) atoms. The fraction of sp³-hybridized carbons (Fsp3) is 0.455. The molecule has 1 N–H and O–H groups in total. The lowest BCUT2D eigenvalue weighted by atomic mass is 10.4. The van der Waals surface area contributed by atoms with Gasteiger partial charge in [0.05, 0.1) is 6.33 Å². The summed E-state index contributed by atoms with van der Waals surface area (Å²) in [5.41, 5.74) is -0.0950. The van der Waals surface area contributed by atoms with Crippen LogP contribution < -0.4 is 5.32 Å². The van der Waals surface area contributed by atoms with Crippen molar-refractivity contribution >= 4 is 22.6 Å². The number of carbonyl (C=O) groups is 1. The van der Waals surface area contributed by atoms with Crippen LogP contribution in [0.2, 0.25) is 0 Å². The molecule has 0 aromatic carbocycles. The highest BCUT2D eigenvalue weighted by atomic mass is 32.1. The number of rotatable bonds is 4. The van der Waals surface area contributed by atoms with Gasteiger partial charge in [-0.3, -0.25) is 10.1 Å². The van der Waals surface area contributed by atoms with Gasteiger partial charge in [0.1, 0.15) is 18.1 Å². The predicted molar refractivity (Wildman–Crippen MR) is 68.1 cm³/mol. The minimum absolute atomic E-state index is 0.0950. The number of hydrogen-bond donors (Lipinski definition) is 1. The van der Waals surface area contributed by atoms with Crippen LogP contribution in [0.1, 0.15) is 35.1 Å². The highest BCUT2D eigenvalue weighted by Gasteiger charge is 2.29. The van der Waals surface area contributed by atoms with Gasteiger partial charge in [-0.1, -0.05) is 0 Å². The zero-order valence-corrected chi connectivity index (χ0v) is 11.4. The highest BCUT2D eigenvalue weighted by molar-refractivity contribution is 7.09. The van der Waals surface area contributed by atoms with E-state index in [1.165, 1.54) is 0 Å². The molecule has 1 saturated carbocycles. The molecule has 0 unspecified atom stereocenters. The Balaban J connectivity index is 1.64. The second-order valence-corrected chi connectivity index (χ2v) is 5.48. The van der Waals surface area contributed by atoms with Crippen molar-refractivity contribution in [1.29, 1.82) is 0 Å². The van der Waals surface area contributed by atoms with Gasteiger partial charge in [-0.05, 0) is 12.8 Å². The molecule has 0 spiro atoms. The van der Waals surface area contributed by atoms with Crippen LogP contribution in [0.25, 0.3) is 0 Å². The van der Waals surface area contributed by atoms with Gasteiger partial charge in [-0.25, -0.2) is 9.97 Å². The Kier molecular flexibility index (Phi) is 3.40. The third kappa shape index (κ3) is 3.57. The smallest absolute Gasteiger partial charge is 0.328 e. The molecule has 0 bridgehead atoms. The van der Waals surface area contributed by atoms with Crippen LogP contribution >= 0.6 is 11.5 Å². The van der Waals surface area contributed by atoms with Crippen LogP contribution in [0, 0.1) is 0 Å². The standard InChI is InChI=1S/C11H10F3N5OS/c12-11(13,14)4-19-3-7(15-5-19)9(20)17-10-16-8(18-21-10)6-1-2-6/h3,5-6H,1-2,4H2,(H,16,17,18,20). The van der Waals surface area contributed by atoms with E-state index in [4.69, 9.17) is 0 Å². The van der Waals surface area contributed by atoms with Gasteiger partial charge in [0.15, 0.2) is 0 Å². The molecule has 1 aliphatic carbocycles. The number of imidazole rings is 1. The molecular formula is C11H10F3N5OS. The summed E-state index contributed by atoms with van der Waals surface area (Å²) in [5.74, 6) is 0.477. The van der Waals surface area contributed by atoms with Crippen LogP contribution in [-0.2, 0) is 6.54 Å². The van der Waals surface area contributed by atoms with Crippen LogP contribution in [0.3, 0.4) is 0 Å². The lowest BCUT2D eigenvalue weighted by molar-refractivity contribution is -0.140. The number of nitrogens with one attached hydrogen (secondary N) is 1. The summed E-state index contributed by atoms with van der Waals surface area (Å²) >= 11 is 1.05. The molecule has 112 valence electrons. The number of alkyl halides is 3. The molecule has 0 atom stereocenters. The van der Waals surface area contributed by atoms with Crippen molar-refractivity contribution < 1.29 is 18.0 Å². The number of hydrogen-bond acceptors (Lipinski definition) is 5. The van der Waals surface area contributed by atoms with Gasteiger partial charge in [0.25, 0.3) is 5.91 Å². The lowest BCUT2D eigenvalue weighted by Gasteiger charge is -2.05. The average molecular weight is 317 g/mol. The van der Waals surface area contributed by atoms with Gasteiger partial charge >= 0.3 is 6.18 Å². The van der Waals surface area contributed by atoms with Crippen molar-refractivity contribution in [3.8, 4) is 0 Å². The SMILES string of the molecule is O=C(Nc1nc(C2CC2)ns1)c1cn(CC(F)(F)F)cn1. The number of anilines is 1. The largest absolute Gasteiger partial charge is 0.406 e. The fourth-order valence-electron chi connectivity index (χ4n) is 1.72. The van der Waals surface area contributed by atoms with E-state index in [2.05, 4.69) is 19.7 Å².